The monoisotopic (exact) mass is 271 g/mol. The minimum atomic E-state index is -0.970. The van der Waals surface area contributed by atoms with E-state index in [1.165, 1.54) is 18.3 Å². The highest BCUT2D eigenvalue weighted by atomic mass is 16.4. The van der Waals surface area contributed by atoms with Crippen molar-refractivity contribution in [3.8, 4) is 11.4 Å². The molecule has 0 bridgehead atoms. The van der Waals surface area contributed by atoms with Gasteiger partial charge in [0.2, 0.25) is 0 Å². The second-order valence-electron chi connectivity index (χ2n) is 4.81. The van der Waals surface area contributed by atoms with Gasteiger partial charge in [0.1, 0.15) is 5.82 Å². The van der Waals surface area contributed by atoms with Gasteiger partial charge in [0, 0.05) is 18.8 Å². The third-order valence-electron chi connectivity index (χ3n) is 3.20. The van der Waals surface area contributed by atoms with E-state index in [-0.39, 0.29) is 5.56 Å². The maximum absolute atomic E-state index is 11.0. The SMILES string of the molecule is CCC(C)Cc1nccc(-c2cc(C(=O)O)ccn2)n1. The molecule has 2 rings (SSSR count). The van der Waals surface area contributed by atoms with Crippen LogP contribution in [0.15, 0.2) is 30.6 Å². The molecular formula is C15H17N3O2. The Balaban J connectivity index is 2.31. The Morgan fingerprint density at radius 3 is 2.70 bits per heavy atom. The fourth-order valence-corrected chi connectivity index (χ4v) is 1.80. The molecule has 20 heavy (non-hydrogen) atoms. The summed E-state index contributed by atoms with van der Waals surface area (Å²) < 4.78 is 0. The molecule has 0 fully saturated rings. The molecule has 0 saturated heterocycles. The van der Waals surface area contributed by atoms with Gasteiger partial charge in [-0.25, -0.2) is 14.8 Å². The summed E-state index contributed by atoms with van der Waals surface area (Å²) in [6.07, 6.45) is 5.05. The minimum absolute atomic E-state index is 0.206. The second-order valence-corrected chi connectivity index (χ2v) is 4.81. The molecule has 0 aliphatic heterocycles. The Hall–Kier alpha value is -2.30. The van der Waals surface area contributed by atoms with E-state index in [9.17, 15) is 4.79 Å². The Labute approximate surface area is 117 Å². The predicted octanol–water partition coefficient (Wildman–Crippen LogP) is 2.83. The standard InChI is InChI=1S/C15H17N3O2/c1-3-10(2)8-14-17-7-5-12(18-14)13-9-11(15(19)20)4-6-16-13/h4-7,9-10H,3,8H2,1-2H3,(H,19,20). The summed E-state index contributed by atoms with van der Waals surface area (Å²) in [7, 11) is 0. The van der Waals surface area contributed by atoms with Crippen molar-refractivity contribution in [2.75, 3.05) is 0 Å². The first-order valence-electron chi connectivity index (χ1n) is 6.61. The Morgan fingerprint density at radius 1 is 1.25 bits per heavy atom. The van der Waals surface area contributed by atoms with Crippen molar-refractivity contribution in [3.63, 3.8) is 0 Å². The fourth-order valence-electron chi connectivity index (χ4n) is 1.80. The van der Waals surface area contributed by atoms with E-state index in [2.05, 4.69) is 28.8 Å². The lowest BCUT2D eigenvalue weighted by Gasteiger charge is -2.08. The van der Waals surface area contributed by atoms with Crippen LogP contribution in [-0.4, -0.2) is 26.0 Å². The largest absolute Gasteiger partial charge is 0.478 e. The highest BCUT2D eigenvalue weighted by Crippen LogP contribution is 2.16. The molecule has 0 radical (unpaired) electrons. The summed E-state index contributed by atoms with van der Waals surface area (Å²) in [4.78, 5) is 23.9. The van der Waals surface area contributed by atoms with Gasteiger partial charge in [0.05, 0.1) is 17.0 Å². The Kier molecular flexibility index (Phi) is 4.40. The smallest absolute Gasteiger partial charge is 0.335 e. The van der Waals surface area contributed by atoms with Crippen molar-refractivity contribution in [1.82, 2.24) is 15.0 Å². The first-order chi connectivity index (χ1) is 9.60. The third-order valence-corrected chi connectivity index (χ3v) is 3.20. The molecule has 1 N–H and O–H groups in total. The van der Waals surface area contributed by atoms with Gasteiger partial charge in [-0.2, -0.15) is 0 Å². The average Bonchev–Trinajstić information content (AvgIpc) is 2.47. The molecule has 2 aromatic rings. The first-order valence-corrected chi connectivity index (χ1v) is 6.61. The van der Waals surface area contributed by atoms with Gasteiger partial charge < -0.3 is 5.11 Å². The molecule has 104 valence electrons. The molecular weight excluding hydrogens is 254 g/mol. The van der Waals surface area contributed by atoms with Crippen LogP contribution in [0, 0.1) is 5.92 Å². The fraction of sp³-hybridized carbons (Fsp3) is 0.333. The van der Waals surface area contributed by atoms with Gasteiger partial charge in [0.15, 0.2) is 0 Å². The van der Waals surface area contributed by atoms with E-state index in [1.807, 2.05) is 0 Å². The normalized spacial score (nSPS) is 12.1. The summed E-state index contributed by atoms with van der Waals surface area (Å²) in [5.74, 6) is 0.311. The van der Waals surface area contributed by atoms with Gasteiger partial charge in [-0.15, -0.1) is 0 Å². The topological polar surface area (TPSA) is 76.0 Å². The van der Waals surface area contributed by atoms with Crippen LogP contribution in [0.1, 0.15) is 36.5 Å². The molecule has 0 saturated carbocycles. The number of nitrogens with zero attached hydrogens (tertiary/aromatic N) is 3. The minimum Gasteiger partial charge on any atom is -0.478 e. The number of pyridine rings is 1. The number of rotatable bonds is 5. The van der Waals surface area contributed by atoms with E-state index >= 15 is 0 Å². The number of hydrogen-bond acceptors (Lipinski definition) is 4. The number of aromatic nitrogens is 3. The van der Waals surface area contributed by atoms with Crippen LogP contribution >= 0.6 is 0 Å². The van der Waals surface area contributed by atoms with E-state index in [4.69, 9.17) is 5.11 Å². The Bertz CT molecular complexity index is 614. The molecule has 5 heteroatoms. The van der Waals surface area contributed by atoms with Crippen LogP contribution in [0.5, 0.6) is 0 Å². The molecule has 1 unspecified atom stereocenters. The van der Waals surface area contributed by atoms with Crippen LogP contribution < -0.4 is 0 Å². The van der Waals surface area contributed by atoms with Gasteiger partial charge >= 0.3 is 5.97 Å². The van der Waals surface area contributed by atoms with Crippen LogP contribution in [0.2, 0.25) is 0 Å². The number of aromatic carboxylic acids is 1. The third kappa shape index (κ3) is 3.38. The zero-order valence-corrected chi connectivity index (χ0v) is 11.6. The second kappa shape index (κ2) is 6.23. The molecule has 0 spiro atoms. The summed E-state index contributed by atoms with van der Waals surface area (Å²) in [6.45, 7) is 4.28. The van der Waals surface area contributed by atoms with E-state index in [0.29, 0.717) is 17.3 Å². The molecule has 0 aromatic carbocycles. The molecule has 0 aliphatic carbocycles. The van der Waals surface area contributed by atoms with E-state index < -0.39 is 5.97 Å². The molecule has 0 amide bonds. The van der Waals surface area contributed by atoms with Gasteiger partial charge in [-0.3, -0.25) is 4.98 Å². The molecule has 2 heterocycles. The summed E-state index contributed by atoms with van der Waals surface area (Å²) >= 11 is 0. The lowest BCUT2D eigenvalue weighted by Crippen LogP contribution is -2.04. The number of carbonyl (C=O) groups is 1. The lowest BCUT2D eigenvalue weighted by molar-refractivity contribution is 0.0697. The molecule has 1 atom stereocenters. The van der Waals surface area contributed by atoms with Crippen molar-refractivity contribution in [2.24, 2.45) is 5.92 Å². The zero-order chi connectivity index (χ0) is 14.5. The van der Waals surface area contributed by atoms with E-state index in [1.54, 1.807) is 12.3 Å². The highest BCUT2D eigenvalue weighted by molar-refractivity contribution is 5.88. The molecule has 0 aliphatic rings. The van der Waals surface area contributed by atoms with Crippen LogP contribution in [0.25, 0.3) is 11.4 Å². The van der Waals surface area contributed by atoms with Crippen molar-refractivity contribution in [1.29, 1.82) is 0 Å². The van der Waals surface area contributed by atoms with Crippen LogP contribution in [0.4, 0.5) is 0 Å². The van der Waals surface area contributed by atoms with Crippen molar-refractivity contribution in [2.45, 2.75) is 26.7 Å². The lowest BCUT2D eigenvalue weighted by atomic mass is 10.0. The van der Waals surface area contributed by atoms with E-state index in [0.717, 1.165) is 18.7 Å². The highest BCUT2D eigenvalue weighted by Gasteiger charge is 2.09. The van der Waals surface area contributed by atoms with Gasteiger partial charge in [-0.1, -0.05) is 20.3 Å². The zero-order valence-electron chi connectivity index (χ0n) is 11.6. The number of carboxylic acid groups (broad SMARTS) is 1. The van der Waals surface area contributed by atoms with Crippen molar-refractivity contribution in [3.05, 3.63) is 42.0 Å². The molecule has 2 aromatic heterocycles. The maximum Gasteiger partial charge on any atom is 0.335 e. The average molecular weight is 271 g/mol. The Morgan fingerprint density at radius 2 is 2.00 bits per heavy atom. The maximum atomic E-state index is 11.0. The summed E-state index contributed by atoms with van der Waals surface area (Å²) in [6, 6.07) is 4.73. The first kappa shape index (κ1) is 14.1. The van der Waals surface area contributed by atoms with Crippen molar-refractivity contribution < 1.29 is 9.90 Å². The number of hydrogen-bond donors (Lipinski definition) is 1. The van der Waals surface area contributed by atoms with Crippen molar-refractivity contribution >= 4 is 5.97 Å². The van der Waals surface area contributed by atoms with Crippen LogP contribution in [0.3, 0.4) is 0 Å². The molecule has 5 nitrogen and oxygen atoms in total. The quantitative estimate of drug-likeness (QED) is 0.904. The summed E-state index contributed by atoms with van der Waals surface area (Å²) in [5, 5.41) is 9.00. The number of carboxylic acids is 1. The predicted molar refractivity (Wildman–Crippen MR) is 75.4 cm³/mol. The van der Waals surface area contributed by atoms with Crippen LogP contribution in [-0.2, 0) is 6.42 Å². The summed E-state index contributed by atoms with van der Waals surface area (Å²) in [5.41, 5.74) is 1.41. The van der Waals surface area contributed by atoms with Gasteiger partial charge in [-0.05, 0) is 24.1 Å². The van der Waals surface area contributed by atoms with Gasteiger partial charge in [0.25, 0.3) is 0 Å².